The summed E-state index contributed by atoms with van der Waals surface area (Å²) in [7, 11) is 0. The first-order valence-corrected chi connectivity index (χ1v) is 18.1. The van der Waals surface area contributed by atoms with Crippen LogP contribution in [0.3, 0.4) is 0 Å². The Hall–Kier alpha value is -2.80. The van der Waals surface area contributed by atoms with E-state index in [1.807, 2.05) is 55.6 Å². The molecule has 1 atom stereocenters. The van der Waals surface area contributed by atoms with Crippen molar-refractivity contribution in [3.63, 3.8) is 0 Å². The van der Waals surface area contributed by atoms with Crippen LogP contribution in [0.15, 0.2) is 42.5 Å². The van der Waals surface area contributed by atoms with Gasteiger partial charge in [-0.1, -0.05) is 94.5 Å². The van der Waals surface area contributed by atoms with Gasteiger partial charge < -0.3 is 15.3 Å². The summed E-state index contributed by atoms with van der Waals surface area (Å²) in [6.07, 6.45) is 17.3. The number of hydrogen-bond donors (Lipinski definition) is 2. The lowest BCUT2D eigenvalue weighted by molar-refractivity contribution is -0.139. The normalized spacial score (nSPS) is 16.9. The zero-order valence-corrected chi connectivity index (χ0v) is 27.8. The number of rotatable bonds is 14. The molecule has 7 heteroatoms. The molecule has 0 aromatic heterocycles. The number of thioether (sulfide) groups is 1. The second-order valence-corrected chi connectivity index (χ2v) is 14.1. The van der Waals surface area contributed by atoms with E-state index in [-0.39, 0.29) is 17.9 Å². The van der Waals surface area contributed by atoms with Crippen molar-refractivity contribution in [1.29, 1.82) is 0 Å². The van der Waals surface area contributed by atoms with Gasteiger partial charge in [0.1, 0.15) is 6.04 Å². The largest absolute Gasteiger partial charge is 0.480 e. The SMILES string of the molecule is CSCCC(NC(=O)c1ccc(CN(C(C)=O)C(CC2CCCCC2)CC2CCCCC2)cc1-c1ccccc1C)C(=O)O. The molecule has 0 bridgehead atoms. The number of aliphatic carboxylic acids is 1. The fourth-order valence-corrected chi connectivity index (χ4v) is 7.85. The summed E-state index contributed by atoms with van der Waals surface area (Å²) in [5, 5.41) is 12.5. The van der Waals surface area contributed by atoms with E-state index in [0.717, 1.165) is 35.1 Å². The molecule has 240 valence electrons. The second-order valence-electron chi connectivity index (χ2n) is 13.1. The molecule has 0 radical (unpaired) electrons. The highest BCUT2D eigenvalue weighted by atomic mass is 32.2. The number of amides is 2. The summed E-state index contributed by atoms with van der Waals surface area (Å²) < 4.78 is 0. The van der Waals surface area contributed by atoms with Crippen molar-refractivity contribution in [2.24, 2.45) is 11.8 Å². The maximum atomic E-state index is 13.6. The molecule has 2 aromatic rings. The maximum absolute atomic E-state index is 13.6. The molecule has 0 heterocycles. The number of carboxylic acid groups (broad SMARTS) is 1. The van der Waals surface area contributed by atoms with Crippen LogP contribution in [-0.2, 0) is 16.1 Å². The van der Waals surface area contributed by atoms with Gasteiger partial charge in [0, 0.05) is 25.1 Å². The minimum Gasteiger partial charge on any atom is -0.480 e. The van der Waals surface area contributed by atoms with Gasteiger partial charge in [-0.25, -0.2) is 4.79 Å². The summed E-state index contributed by atoms with van der Waals surface area (Å²) in [6.45, 7) is 4.24. The van der Waals surface area contributed by atoms with E-state index in [4.69, 9.17) is 0 Å². The van der Waals surface area contributed by atoms with Crippen LogP contribution in [0.5, 0.6) is 0 Å². The standard InChI is InChI=1S/C37H52N2O4S/c1-26-12-10-11-17-32(26)34-24-30(18-19-33(34)36(41)38-35(37(42)43)20-21-44-3)25-39(27(2)40)31(22-28-13-6-4-7-14-28)23-29-15-8-5-9-16-29/h10-12,17-19,24,28-29,31,35H,4-9,13-16,20-23,25H2,1-3H3,(H,38,41)(H,42,43). The van der Waals surface area contributed by atoms with Crippen molar-refractivity contribution >= 4 is 29.5 Å². The third-order valence-corrected chi connectivity index (χ3v) is 10.5. The molecule has 2 aromatic carbocycles. The zero-order valence-electron chi connectivity index (χ0n) is 27.0. The van der Waals surface area contributed by atoms with Crippen molar-refractivity contribution in [2.75, 3.05) is 12.0 Å². The van der Waals surface area contributed by atoms with Gasteiger partial charge in [-0.3, -0.25) is 9.59 Å². The van der Waals surface area contributed by atoms with Crippen LogP contribution >= 0.6 is 11.8 Å². The number of nitrogens with zero attached hydrogens (tertiary/aromatic N) is 1. The number of aryl methyl sites for hydroxylation is 1. The first kappa shape index (κ1) is 34.1. The molecule has 6 nitrogen and oxygen atoms in total. The number of nitrogens with one attached hydrogen (secondary N) is 1. The van der Waals surface area contributed by atoms with Crippen molar-refractivity contribution < 1.29 is 19.5 Å². The molecule has 44 heavy (non-hydrogen) atoms. The van der Waals surface area contributed by atoms with E-state index in [1.165, 1.54) is 64.2 Å². The highest BCUT2D eigenvalue weighted by Gasteiger charge is 2.30. The lowest BCUT2D eigenvalue weighted by atomic mass is 9.79. The first-order chi connectivity index (χ1) is 21.3. The Morgan fingerprint density at radius 2 is 1.52 bits per heavy atom. The molecule has 0 aliphatic heterocycles. The Balaban J connectivity index is 1.65. The van der Waals surface area contributed by atoms with Crippen LogP contribution in [0.1, 0.15) is 112 Å². The summed E-state index contributed by atoms with van der Waals surface area (Å²) in [5.41, 5.74) is 4.18. The van der Waals surface area contributed by atoms with E-state index in [0.29, 0.717) is 36.1 Å². The summed E-state index contributed by atoms with van der Waals surface area (Å²) in [5.74, 6) is 0.700. The van der Waals surface area contributed by atoms with E-state index in [1.54, 1.807) is 18.7 Å². The Morgan fingerprint density at radius 1 is 0.909 bits per heavy atom. The smallest absolute Gasteiger partial charge is 0.326 e. The lowest BCUT2D eigenvalue weighted by Crippen LogP contribution is -2.42. The Kier molecular flexibility index (Phi) is 13.2. The molecule has 2 amide bonds. The van der Waals surface area contributed by atoms with E-state index >= 15 is 0 Å². The zero-order chi connectivity index (χ0) is 31.5. The molecule has 1 unspecified atom stereocenters. The number of hydrogen-bond acceptors (Lipinski definition) is 4. The molecule has 2 fully saturated rings. The second kappa shape index (κ2) is 17.0. The van der Waals surface area contributed by atoms with Gasteiger partial charge in [0.15, 0.2) is 0 Å². The van der Waals surface area contributed by atoms with Crippen LogP contribution in [0.2, 0.25) is 0 Å². The topological polar surface area (TPSA) is 86.7 Å². The molecule has 0 spiro atoms. The van der Waals surface area contributed by atoms with Crippen molar-refractivity contribution in [2.45, 2.75) is 116 Å². The fourth-order valence-electron chi connectivity index (χ4n) is 7.37. The molecule has 0 saturated heterocycles. The maximum Gasteiger partial charge on any atom is 0.326 e. The number of benzene rings is 2. The minimum atomic E-state index is -1.03. The summed E-state index contributed by atoms with van der Waals surface area (Å²) >= 11 is 1.56. The summed E-state index contributed by atoms with van der Waals surface area (Å²) in [4.78, 5) is 40.9. The van der Waals surface area contributed by atoms with Crippen LogP contribution in [0, 0.1) is 18.8 Å². The average molecular weight is 621 g/mol. The van der Waals surface area contributed by atoms with Gasteiger partial charge >= 0.3 is 5.97 Å². The predicted molar refractivity (Wildman–Crippen MR) is 181 cm³/mol. The van der Waals surface area contributed by atoms with Gasteiger partial charge in [-0.2, -0.15) is 11.8 Å². The molecule has 4 rings (SSSR count). The Bertz CT molecular complexity index is 1230. The van der Waals surface area contributed by atoms with Gasteiger partial charge in [0.2, 0.25) is 5.91 Å². The van der Waals surface area contributed by atoms with Crippen molar-refractivity contribution in [3.05, 3.63) is 59.2 Å². The van der Waals surface area contributed by atoms with Gasteiger partial charge in [0.05, 0.1) is 0 Å². The Labute approximate surface area is 268 Å². The highest BCUT2D eigenvalue weighted by molar-refractivity contribution is 7.98. The fraction of sp³-hybridized carbons (Fsp3) is 0.595. The molecular formula is C37H52N2O4S. The number of carbonyl (C=O) groups excluding carboxylic acids is 2. The van der Waals surface area contributed by atoms with Crippen LogP contribution in [0.4, 0.5) is 0 Å². The number of carboxylic acids is 1. The third-order valence-electron chi connectivity index (χ3n) is 9.84. The average Bonchev–Trinajstić information content (AvgIpc) is 3.02. The highest BCUT2D eigenvalue weighted by Crippen LogP contribution is 2.35. The molecule has 2 aliphatic rings. The van der Waals surface area contributed by atoms with Crippen LogP contribution in [0.25, 0.3) is 11.1 Å². The van der Waals surface area contributed by atoms with E-state index in [2.05, 4.69) is 10.2 Å². The Morgan fingerprint density at radius 3 is 2.07 bits per heavy atom. The lowest BCUT2D eigenvalue weighted by Gasteiger charge is -2.37. The van der Waals surface area contributed by atoms with E-state index < -0.39 is 12.0 Å². The van der Waals surface area contributed by atoms with Crippen LogP contribution in [-0.4, -0.2) is 51.9 Å². The first-order valence-electron chi connectivity index (χ1n) is 16.8. The van der Waals surface area contributed by atoms with E-state index in [9.17, 15) is 19.5 Å². The summed E-state index contributed by atoms with van der Waals surface area (Å²) in [6, 6.07) is 13.0. The minimum absolute atomic E-state index is 0.110. The predicted octanol–water partition coefficient (Wildman–Crippen LogP) is 8.26. The van der Waals surface area contributed by atoms with Gasteiger partial charge in [0.25, 0.3) is 5.91 Å². The van der Waals surface area contributed by atoms with Crippen molar-refractivity contribution in [1.82, 2.24) is 10.2 Å². The van der Waals surface area contributed by atoms with Crippen LogP contribution < -0.4 is 5.32 Å². The van der Waals surface area contributed by atoms with Gasteiger partial charge in [-0.15, -0.1) is 0 Å². The molecule has 2 aliphatic carbocycles. The van der Waals surface area contributed by atoms with Gasteiger partial charge in [-0.05, 0) is 84.4 Å². The van der Waals surface area contributed by atoms with Crippen molar-refractivity contribution in [3.8, 4) is 11.1 Å². The monoisotopic (exact) mass is 620 g/mol. The molecular weight excluding hydrogens is 568 g/mol. The number of carbonyl (C=O) groups is 3. The third kappa shape index (κ3) is 9.60. The quantitative estimate of drug-likeness (QED) is 0.222. The molecule has 2 saturated carbocycles. The molecule has 2 N–H and O–H groups in total.